The molecule has 0 radical (unpaired) electrons. The average Bonchev–Trinajstić information content (AvgIpc) is 2.36. The standard InChI is InChI=1S/C12H16N2O6S/c1-21(19,20)5-4-9(13)11(16)14-7-2-3-10(15)8(6-7)12(17)18/h2-3,6,9,15H,4-5,13H2,1H3,(H,14,16)(H,17,18). The molecule has 1 amide bonds. The minimum absolute atomic E-state index is 0.0471. The lowest BCUT2D eigenvalue weighted by Crippen LogP contribution is -2.37. The number of rotatable bonds is 6. The highest BCUT2D eigenvalue weighted by atomic mass is 32.2. The number of aromatic hydroxyl groups is 1. The molecule has 0 saturated carbocycles. The van der Waals surface area contributed by atoms with Gasteiger partial charge in [0.25, 0.3) is 0 Å². The second-order valence-electron chi connectivity index (χ2n) is 4.55. The van der Waals surface area contributed by atoms with Crippen LogP contribution in [0.25, 0.3) is 0 Å². The highest BCUT2D eigenvalue weighted by molar-refractivity contribution is 7.90. The summed E-state index contributed by atoms with van der Waals surface area (Å²) in [5, 5.41) is 20.5. The molecule has 1 aromatic rings. The third-order valence-corrected chi connectivity index (χ3v) is 3.61. The van der Waals surface area contributed by atoms with Crippen LogP contribution in [0.3, 0.4) is 0 Å². The number of carboxylic acids is 1. The first kappa shape index (κ1) is 16.9. The minimum Gasteiger partial charge on any atom is -0.507 e. The molecule has 0 saturated heterocycles. The average molecular weight is 316 g/mol. The molecule has 0 aliphatic heterocycles. The van der Waals surface area contributed by atoms with Gasteiger partial charge in [0.2, 0.25) is 5.91 Å². The largest absolute Gasteiger partial charge is 0.507 e. The number of nitrogens with two attached hydrogens (primary N) is 1. The lowest BCUT2D eigenvalue weighted by Gasteiger charge is -2.12. The second-order valence-corrected chi connectivity index (χ2v) is 6.81. The number of sulfone groups is 1. The number of phenols is 1. The summed E-state index contributed by atoms with van der Waals surface area (Å²) in [5.74, 6) is -2.63. The van der Waals surface area contributed by atoms with E-state index >= 15 is 0 Å². The fourth-order valence-electron chi connectivity index (χ4n) is 1.49. The molecule has 1 rings (SSSR count). The second kappa shape index (κ2) is 6.55. The Hall–Kier alpha value is -2.13. The zero-order valence-electron chi connectivity index (χ0n) is 11.2. The van der Waals surface area contributed by atoms with E-state index in [1.54, 1.807) is 0 Å². The molecule has 5 N–H and O–H groups in total. The zero-order chi connectivity index (χ0) is 16.2. The lowest BCUT2D eigenvalue weighted by molar-refractivity contribution is -0.117. The summed E-state index contributed by atoms with van der Waals surface area (Å²) in [5.41, 5.74) is 5.34. The first-order chi connectivity index (χ1) is 9.60. The smallest absolute Gasteiger partial charge is 0.339 e. The van der Waals surface area contributed by atoms with Gasteiger partial charge in [-0.3, -0.25) is 4.79 Å². The third-order valence-electron chi connectivity index (χ3n) is 2.63. The Bertz CT molecular complexity index is 656. The minimum atomic E-state index is -3.22. The number of anilines is 1. The number of benzene rings is 1. The van der Waals surface area contributed by atoms with Crippen LogP contribution >= 0.6 is 0 Å². The topological polar surface area (TPSA) is 147 Å². The van der Waals surface area contributed by atoms with Crippen LogP contribution in [0.15, 0.2) is 18.2 Å². The van der Waals surface area contributed by atoms with Gasteiger partial charge in [0.1, 0.15) is 21.2 Å². The van der Waals surface area contributed by atoms with Crippen LogP contribution in [-0.2, 0) is 14.6 Å². The Morgan fingerprint density at radius 3 is 2.52 bits per heavy atom. The molecule has 0 spiro atoms. The predicted molar refractivity (Wildman–Crippen MR) is 76.0 cm³/mol. The van der Waals surface area contributed by atoms with E-state index < -0.39 is 33.5 Å². The summed E-state index contributed by atoms with van der Waals surface area (Å²) in [6.45, 7) is 0. The number of carbonyl (C=O) groups is 2. The van der Waals surface area contributed by atoms with Gasteiger partial charge in [-0.2, -0.15) is 0 Å². The third kappa shape index (κ3) is 5.40. The number of nitrogens with one attached hydrogen (secondary N) is 1. The van der Waals surface area contributed by atoms with Crippen molar-refractivity contribution in [2.45, 2.75) is 12.5 Å². The quantitative estimate of drug-likeness (QED) is 0.531. The molecule has 1 aromatic carbocycles. The molecule has 0 aliphatic rings. The van der Waals surface area contributed by atoms with E-state index in [2.05, 4.69) is 5.32 Å². The van der Waals surface area contributed by atoms with E-state index in [4.69, 9.17) is 10.8 Å². The molecular weight excluding hydrogens is 300 g/mol. The molecule has 0 aliphatic carbocycles. The van der Waals surface area contributed by atoms with Gasteiger partial charge in [0.05, 0.1) is 11.8 Å². The first-order valence-corrected chi connectivity index (χ1v) is 7.96. The van der Waals surface area contributed by atoms with Gasteiger partial charge >= 0.3 is 5.97 Å². The van der Waals surface area contributed by atoms with Gasteiger partial charge in [-0.1, -0.05) is 0 Å². The van der Waals surface area contributed by atoms with E-state index in [9.17, 15) is 23.1 Å². The van der Waals surface area contributed by atoms with Gasteiger partial charge < -0.3 is 21.3 Å². The maximum Gasteiger partial charge on any atom is 0.339 e. The summed E-state index contributed by atoms with van der Waals surface area (Å²) < 4.78 is 22.0. The van der Waals surface area contributed by atoms with Crippen LogP contribution in [0.1, 0.15) is 16.8 Å². The fourth-order valence-corrected chi connectivity index (χ4v) is 2.17. The Kier molecular flexibility index (Phi) is 5.28. The number of carboxylic acid groups (broad SMARTS) is 1. The van der Waals surface area contributed by atoms with Crippen molar-refractivity contribution < 1.29 is 28.2 Å². The zero-order valence-corrected chi connectivity index (χ0v) is 12.1. The van der Waals surface area contributed by atoms with Crippen molar-refractivity contribution in [3.05, 3.63) is 23.8 Å². The highest BCUT2D eigenvalue weighted by Crippen LogP contribution is 2.21. The Morgan fingerprint density at radius 2 is 2.00 bits per heavy atom. The summed E-state index contributed by atoms with van der Waals surface area (Å²) in [7, 11) is -3.22. The maximum absolute atomic E-state index is 11.8. The van der Waals surface area contributed by atoms with E-state index in [1.807, 2.05) is 0 Å². The van der Waals surface area contributed by atoms with Crippen LogP contribution in [-0.4, -0.2) is 48.6 Å². The molecule has 0 aromatic heterocycles. The van der Waals surface area contributed by atoms with Crippen molar-refractivity contribution in [2.24, 2.45) is 5.73 Å². The van der Waals surface area contributed by atoms with Crippen LogP contribution in [0.2, 0.25) is 0 Å². The predicted octanol–water partition coefficient (Wildman–Crippen LogP) is -0.209. The van der Waals surface area contributed by atoms with Crippen LogP contribution in [0.4, 0.5) is 5.69 Å². The molecule has 21 heavy (non-hydrogen) atoms. The summed E-state index contributed by atoms with van der Waals surface area (Å²) >= 11 is 0. The molecule has 0 bridgehead atoms. The fraction of sp³-hybridized carbons (Fsp3) is 0.333. The monoisotopic (exact) mass is 316 g/mol. The van der Waals surface area contributed by atoms with E-state index in [0.717, 1.165) is 18.4 Å². The Labute approximate surface area is 121 Å². The first-order valence-electron chi connectivity index (χ1n) is 5.90. The molecule has 8 nitrogen and oxygen atoms in total. The summed E-state index contributed by atoms with van der Waals surface area (Å²) in [4.78, 5) is 22.6. The highest BCUT2D eigenvalue weighted by Gasteiger charge is 2.17. The van der Waals surface area contributed by atoms with Crippen molar-refractivity contribution in [1.82, 2.24) is 0 Å². The molecule has 0 fully saturated rings. The Balaban J connectivity index is 2.75. The van der Waals surface area contributed by atoms with Crippen molar-refractivity contribution >= 4 is 27.4 Å². The van der Waals surface area contributed by atoms with Crippen LogP contribution < -0.4 is 11.1 Å². The summed E-state index contributed by atoms with van der Waals surface area (Å²) in [6.07, 6.45) is 0.991. The number of hydrogen-bond donors (Lipinski definition) is 4. The van der Waals surface area contributed by atoms with Crippen LogP contribution in [0.5, 0.6) is 5.75 Å². The molecule has 1 unspecified atom stereocenters. The van der Waals surface area contributed by atoms with Gasteiger partial charge in [-0.05, 0) is 24.6 Å². The van der Waals surface area contributed by atoms with E-state index in [1.165, 1.54) is 6.07 Å². The molecular formula is C12H16N2O6S. The lowest BCUT2D eigenvalue weighted by atomic mass is 10.1. The summed E-state index contributed by atoms with van der Waals surface area (Å²) in [6, 6.07) is 2.48. The van der Waals surface area contributed by atoms with Crippen molar-refractivity contribution in [2.75, 3.05) is 17.3 Å². The van der Waals surface area contributed by atoms with E-state index in [-0.39, 0.29) is 23.4 Å². The van der Waals surface area contributed by atoms with Crippen molar-refractivity contribution in [3.8, 4) is 5.75 Å². The number of aromatic carboxylic acids is 1. The number of amides is 1. The molecule has 0 heterocycles. The van der Waals surface area contributed by atoms with E-state index in [0.29, 0.717) is 0 Å². The maximum atomic E-state index is 11.8. The van der Waals surface area contributed by atoms with Crippen LogP contribution in [0, 0.1) is 0 Å². The van der Waals surface area contributed by atoms with Crippen molar-refractivity contribution in [1.29, 1.82) is 0 Å². The molecule has 116 valence electrons. The Morgan fingerprint density at radius 1 is 1.38 bits per heavy atom. The van der Waals surface area contributed by atoms with Gasteiger partial charge in [0, 0.05) is 11.9 Å². The van der Waals surface area contributed by atoms with Gasteiger partial charge in [0.15, 0.2) is 0 Å². The van der Waals surface area contributed by atoms with Crippen molar-refractivity contribution in [3.63, 3.8) is 0 Å². The molecule has 9 heteroatoms. The van der Waals surface area contributed by atoms with Gasteiger partial charge in [-0.25, -0.2) is 13.2 Å². The molecule has 1 atom stereocenters. The van der Waals surface area contributed by atoms with Gasteiger partial charge in [-0.15, -0.1) is 0 Å². The normalized spacial score (nSPS) is 12.7. The number of carbonyl (C=O) groups excluding carboxylic acids is 1. The number of hydrogen-bond acceptors (Lipinski definition) is 6. The SMILES string of the molecule is CS(=O)(=O)CCC(N)C(=O)Nc1ccc(O)c(C(=O)O)c1.